The number of nitriles is 1. The van der Waals surface area contributed by atoms with E-state index < -0.39 is 0 Å². The van der Waals surface area contributed by atoms with Gasteiger partial charge in [-0.25, -0.2) is 14.9 Å². The maximum absolute atomic E-state index is 11.7. The average molecular weight is 356 g/mol. The molecular formula is C16H16N6O2S. The third-order valence-electron chi connectivity index (χ3n) is 3.54. The summed E-state index contributed by atoms with van der Waals surface area (Å²) in [6.07, 6.45) is 0.789. The molecule has 2 heterocycles. The Kier molecular flexibility index (Phi) is 4.90. The summed E-state index contributed by atoms with van der Waals surface area (Å²) >= 11 is 1.18. The highest BCUT2D eigenvalue weighted by molar-refractivity contribution is 7.99. The van der Waals surface area contributed by atoms with Crippen LogP contribution in [0.25, 0.3) is 16.6 Å². The Labute approximate surface area is 147 Å². The van der Waals surface area contributed by atoms with Crippen LogP contribution in [0.5, 0.6) is 0 Å². The highest BCUT2D eigenvalue weighted by atomic mass is 32.2. The highest BCUT2D eigenvalue weighted by Crippen LogP contribution is 2.23. The molecule has 128 valence electrons. The lowest BCUT2D eigenvalue weighted by atomic mass is 10.2. The van der Waals surface area contributed by atoms with Crippen molar-refractivity contribution >= 4 is 28.4 Å². The molecule has 2 aromatic heterocycles. The smallest absolute Gasteiger partial charge is 0.343 e. The SMILES string of the molecule is CCCn1c(SC/C(O)=C(\C#N)c2nc3ccccc3[nH]2)n[nH]c1=O. The van der Waals surface area contributed by atoms with Crippen molar-refractivity contribution in [1.29, 1.82) is 5.26 Å². The predicted octanol–water partition coefficient (Wildman–Crippen LogP) is 2.44. The minimum Gasteiger partial charge on any atom is -0.510 e. The monoisotopic (exact) mass is 356 g/mol. The number of benzene rings is 1. The van der Waals surface area contributed by atoms with Gasteiger partial charge in [0.25, 0.3) is 0 Å². The number of rotatable bonds is 6. The molecule has 0 saturated heterocycles. The number of nitrogens with one attached hydrogen (secondary N) is 2. The van der Waals surface area contributed by atoms with Crippen molar-refractivity contribution in [2.45, 2.75) is 25.0 Å². The molecule has 0 fully saturated rings. The number of fused-ring (bicyclic) bond motifs is 1. The lowest BCUT2D eigenvalue weighted by Gasteiger charge is -2.04. The van der Waals surface area contributed by atoms with E-state index in [1.54, 1.807) is 0 Å². The van der Waals surface area contributed by atoms with E-state index in [2.05, 4.69) is 20.2 Å². The molecule has 0 spiro atoms. The van der Waals surface area contributed by atoms with Crippen molar-refractivity contribution in [2.24, 2.45) is 0 Å². The number of para-hydroxylation sites is 2. The molecular weight excluding hydrogens is 340 g/mol. The summed E-state index contributed by atoms with van der Waals surface area (Å²) in [7, 11) is 0. The Morgan fingerprint density at radius 2 is 2.24 bits per heavy atom. The molecule has 0 aliphatic heterocycles. The molecule has 1 aromatic carbocycles. The van der Waals surface area contributed by atoms with Crippen LogP contribution in [-0.2, 0) is 6.54 Å². The van der Waals surface area contributed by atoms with Crippen LogP contribution in [0.4, 0.5) is 0 Å². The number of hydrogen-bond acceptors (Lipinski definition) is 6. The third kappa shape index (κ3) is 3.44. The molecule has 0 amide bonds. The molecule has 0 saturated carbocycles. The second kappa shape index (κ2) is 7.27. The van der Waals surface area contributed by atoms with Crippen molar-refractivity contribution in [3.63, 3.8) is 0 Å². The van der Waals surface area contributed by atoms with E-state index in [4.69, 9.17) is 0 Å². The van der Waals surface area contributed by atoms with Gasteiger partial charge in [0.15, 0.2) is 11.0 Å². The van der Waals surface area contributed by atoms with Crippen LogP contribution in [0, 0.1) is 11.3 Å². The molecule has 0 unspecified atom stereocenters. The normalized spacial score (nSPS) is 12.2. The zero-order chi connectivity index (χ0) is 17.8. The number of aromatic amines is 2. The van der Waals surface area contributed by atoms with Crippen molar-refractivity contribution in [3.8, 4) is 6.07 Å². The molecule has 3 aromatic rings. The predicted molar refractivity (Wildman–Crippen MR) is 95.1 cm³/mol. The fourth-order valence-electron chi connectivity index (χ4n) is 2.36. The van der Waals surface area contributed by atoms with Gasteiger partial charge in [-0.3, -0.25) is 4.57 Å². The van der Waals surface area contributed by atoms with Crippen molar-refractivity contribution in [1.82, 2.24) is 24.7 Å². The molecule has 25 heavy (non-hydrogen) atoms. The van der Waals surface area contributed by atoms with Gasteiger partial charge in [0.1, 0.15) is 17.4 Å². The minimum atomic E-state index is -0.286. The first-order chi connectivity index (χ1) is 12.1. The summed E-state index contributed by atoms with van der Waals surface area (Å²) in [6, 6.07) is 9.37. The fraction of sp³-hybridized carbons (Fsp3) is 0.250. The van der Waals surface area contributed by atoms with Crippen LogP contribution < -0.4 is 5.69 Å². The summed E-state index contributed by atoms with van der Waals surface area (Å²) in [5.41, 5.74) is 1.29. The van der Waals surface area contributed by atoms with Gasteiger partial charge in [0, 0.05) is 6.54 Å². The van der Waals surface area contributed by atoms with Gasteiger partial charge in [-0.15, -0.1) is 5.10 Å². The number of hydrogen-bond donors (Lipinski definition) is 3. The number of aromatic nitrogens is 5. The Bertz CT molecular complexity index is 990. The molecule has 9 heteroatoms. The van der Waals surface area contributed by atoms with E-state index >= 15 is 0 Å². The summed E-state index contributed by atoms with van der Waals surface area (Å²) < 4.78 is 1.51. The van der Waals surface area contributed by atoms with Gasteiger partial charge in [-0.2, -0.15) is 5.26 Å². The van der Waals surface area contributed by atoms with Crippen LogP contribution in [0.1, 0.15) is 19.2 Å². The molecule has 0 bridgehead atoms. The molecule has 0 aliphatic carbocycles. The van der Waals surface area contributed by atoms with Crippen LogP contribution >= 0.6 is 11.8 Å². The van der Waals surface area contributed by atoms with Crippen LogP contribution in [0.15, 0.2) is 40.0 Å². The fourth-order valence-corrected chi connectivity index (χ4v) is 3.22. The van der Waals surface area contributed by atoms with E-state index in [1.807, 2.05) is 37.3 Å². The van der Waals surface area contributed by atoms with Gasteiger partial charge in [-0.1, -0.05) is 30.8 Å². The number of aliphatic hydroxyl groups excluding tert-OH is 1. The second-order valence-corrected chi connectivity index (χ2v) is 6.23. The zero-order valence-electron chi connectivity index (χ0n) is 13.5. The number of H-pyrrole nitrogens is 2. The highest BCUT2D eigenvalue weighted by Gasteiger charge is 2.15. The maximum Gasteiger partial charge on any atom is 0.343 e. The topological polar surface area (TPSA) is 123 Å². The van der Waals surface area contributed by atoms with Gasteiger partial charge in [0.2, 0.25) is 0 Å². The van der Waals surface area contributed by atoms with Crippen molar-refractivity contribution in [2.75, 3.05) is 5.75 Å². The Balaban J connectivity index is 1.85. The quantitative estimate of drug-likeness (QED) is 0.354. The number of aliphatic hydroxyl groups is 1. The number of allylic oxidation sites excluding steroid dienone is 1. The standard InChI is InChI=1S/C16H16N6O2S/c1-2-7-22-15(24)20-21-16(22)25-9-13(23)10(8-17)14-18-11-5-3-4-6-12(11)19-14/h3-6,23H,2,7,9H2,1H3,(H,18,19)(H,20,24)/b13-10-. The molecule has 8 nitrogen and oxygen atoms in total. The number of imidazole rings is 1. The van der Waals surface area contributed by atoms with Gasteiger partial charge in [0.05, 0.1) is 16.8 Å². The first kappa shape index (κ1) is 16.9. The summed E-state index contributed by atoms with van der Waals surface area (Å²) in [4.78, 5) is 19.0. The van der Waals surface area contributed by atoms with E-state index in [0.29, 0.717) is 17.5 Å². The minimum absolute atomic E-state index is 0.0728. The van der Waals surface area contributed by atoms with E-state index in [0.717, 1.165) is 17.5 Å². The molecule has 0 atom stereocenters. The Morgan fingerprint density at radius 3 is 2.96 bits per heavy atom. The lowest BCUT2D eigenvalue weighted by molar-refractivity contribution is 0.420. The van der Waals surface area contributed by atoms with Crippen LogP contribution in [0.2, 0.25) is 0 Å². The average Bonchev–Trinajstić information content (AvgIpc) is 3.18. The summed E-state index contributed by atoms with van der Waals surface area (Å²) in [6.45, 7) is 2.50. The molecule has 0 radical (unpaired) electrons. The summed E-state index contributed by atoms with van der Waals surface area (Å²) in [5.74, 6) is 0.299. The molecule has 3 N–H and O–H groups in total. The van der Waals surface area contributed by atoms with Gasteiger partial charge >= 0.3 is 5.69 Å². The van der Waals surface area contributed by atoms with E-state index in [1.165, 1.54) is 16.3 Å². The largest absolute Gasteiger partial charge is 0.510 e. The lowest BCUT2D eigenvalue weighted by Crippen LogP contribution is -2.17. The first-order valence-electron chi connectivity index (χ1n) is 7.69. The Hall–Kier alpha value is -2.99. The Morgan fingerprint density at radius 1 is 1.44 bits per heavy atom. The van der Waals surface area contributed by atoms with Crippen molar-refractivity contribution < 1.29 is 5.11 Å². The van der Waals surface area contributed by atoms with Gasteiger partial charge < -0.3 is 10.1 Å². The molecule has 3 rings (SSSR count). The zero-order valence-corrected chi connectivity index (χ0v) is 14.3. The second-order valence-electron chi connectivity index (χ2n) is 5.29. The van der Waals surface area contributed by atoms with Gasteiger partial charge in [-0.05, 0) is 18.6 Å². The third-order valence-corrected chi connectivity index (χ3v) is 4.52. The number of thioether (sulfide) groups is 1. The maximum atomic E-state index is 11.7. The number of nitrogens with zero attached hydrogens (tertiary/aromatic N) is 4. The molecule has 0 aliphatic rings. The van der Waals surface area contributed by atoms with Crippen LogP contribution in [-0.4, -0.2) is 35.6 Å². The van der Waals surface area contributed by atoms with Crippen molar-refractivity contribution in [3.05, 3.63) is 46.3 Å². The summed E-state index contributed by atoms with van der Waals surface area (Å²) in [5, 5.41) is 26.5. The van der Waals surface area contributed by atoms with E-state index in [-0.39, 0.29) is 22.8 Å². The van der Waals surface area contributed by atoms with E-state index in [9.17, 15) is 15.2 Å². The first-order valence-corrected chi connectivity index (χ1v) is 8.68. The van der Waals surface area contributed by atoms with Crippen LogP contribution in [0.3, 0.4) is 0 Å².